The summed E-state index contributed by atoms with van der Waals surface area (Å²) in [5.41, 5.74) is 7.05. The highest BCUT2D eigenvalue weighted by atomic mass is 16.7. The summed E-state index contributed by atoms with van der Waals surface area (Å²) in [5.74, 6) is -0.0398. The van der Waals surface area contributed by atoms with Crippen LogP contribution in [-0.2, 0) is 27.4 Å². The van der Waals surface area contributed by atoms with E-state index in [1.165, 1.54) is 19.3 Å². The highest BCUT2D eigenvalue weighted by Crippen LogP contribution is 2.53. The molecule has 6 rings (SSSR count). The van der Waals surface area contributed by atoms with Crippen molar-refractivity contribution in [2.24, 2.45) is 10.8 Å². The van der Waals surface area contributed by atoms with Crippen molar-refractivity contribution >= 4 is 5.91 Å². The SMILES string of the molecule is CC(=O)NCc1ccccc1-c1ccc([C@H]2O[C@@H](CN3CC4(C)CC3CC(C)(C)C4)C[C@@H](c3ccc(CO)cc3)O2)cc1. The molecule has 2 bridgehead atoms. The van der Waals surface area contributed by atoms with Crippen molar-refractivity contribution in [1.82, 2.24) is 10.2 Å². The highest BCUT2D eigenvalue weighted by molar-refractivity contribution is 5.74. The number of nitrogens with one attached hydrogen (secondary N) is 1. The second-order valence-corrected chi connectivity index (χ2v) is 14.2. The minimum Gasteiger partial charge on any atom is -0.392 e. The van der Waals surface area contributed by atoms with Crippen LogP contribution in [0.5, 0.6) is 0 Å². The monoisotopic (exact) mass is 582 g/mol. The zero-order chi connectivity index (χ0) is 30.2. The third-order valence-corrected chi connectivity index (χ3v) is 9.62. The predicted octanol–water partition coefficient (Wildman–Crippen LogP) is 6.93. The Morgan fingerprint density at radius 2 is 1.67 bits per heavy atom. The van der Waals surface area contributed by atoms with Gasteiger partial charge < -0.3 is 19.9 Å². The van der Waals surface area contributed by atoms with Gasteiger partial charge in [0, 0.05) is 44.6 Å². The number of carbonyl (C=O) groups excluding carboxylic acids is 1. The van der Waals surface area contributed by atoms with E-state index >= 15 is 0 Å². The van der Waals surface area contributed by atoms with Crippen LogP contribution in [0.4, 0.5) is 0 Å². The summed E-state index contributed by atoms with van der Waals surface area (Å²) < 4.78 is 13.4. The van der Waals surface area contributed by atoms with Gasteiger partial charge in [0.1, 0.15) is 0 Å². The molecule has 2 heterocycles. The van der Waals surface area contributed by atoms with Gasteiger partial charge in [0.05, 0.1) is 18.8 Å². The Kier molecular flexibility index (Phi) is 8.49. The van der Waals surface area contributed by atoms with Gasteiger partial charge in [-0.2, -0.15) is 0 Å². The normalized spacial score (nSPS) is 28.5. The zero-order valence-electron chi connectivity index (χ0n) is 26.0. The number of likely N-dealkylation sites (tertiary alicyclic amines) is 1. The van der Waals surface area contributed by atoms with Gasteiger partial charge in [-0.3, -0.25) is 9.69 Å². The first-order valence-corrected chi connectivity index (χ1v) is 15.8. The van der Waals surface area contributed by atoms with E-state index in [-0.39, 0.29) is 24.7 Å². The summed E-state index contributed by atoms with van der Waals surface area (Å²) in [5, 5.41) is 12.5. The van der Waals surface area contributed by atoms with Crippen molar-refractivity contribution in [2.45, 2.75) is 91.1 Å². The molecule has 3 aromatic rings. The van der Waals surface area contributed by atoms with Gasteiger partial charge in [0.25, 0.3) is 0 Å². The predicted molar refractivity (Wildman–Crippen MR) is 169 cm³/mol. The minimum absolute atomic E-state index is 0.0337. The van der Waals surface area contributed by atoms with Crippen molar-refractivity contribution in [3.05, 3.63) is 95.1 Å². The van der Waals surface area contributed by atoms with Crippen molar-refractivity contribution in [3.8, 4) is 11.1 Å². The molecule has 5 atom stereocenters. The van der Waals surface area contributed by atoms with E-state index in [2.05, 4.69) is 79.5 Å². The third kappa shape index (κ3) is 6.88. The standard InChI is InChI=1S/C37H46N2O4/c1-25(41)38-20-30-7-5-6-8-33(30)27-13-15-29(16-14-27)35-42-32(17-34(43-35)28-11-9-26(22-40)10-12-28)21-39-24-37(4)19-31(39)18-36(2,3)23-37/h5-16,31-32,34-35,40H,17-24H2,1-4H3,(H,38,41)/t31?,32-,34+,35+,37?/m1/s1. The van der Waals surface area contributed by atoms with Crippen molar-refractivity contribution in [3.63, 3.8) is 0 Å². The van der Waals surface area contributed by atoms with Gasteiger partial charge in [0.2, 0.25) is 5.91 Å². The van der Waals surface area contributed by atoms with E-state index in [1.807, 2.05) is 24.3 Å². The number of rotatable bonds is 8. The summed E-state index contributed by atoms with van der Waals surface area (Å²) >= 11 is 0. The number of fused-ring (bicyclic) bond motifs is 2. The van der Waals surface area contributed by atoms with Crippen molar-refractivity contribution in [2.75, 3.05) is 13.1 Å². The highest BCUT2D eigenvalue weighted by Gasteiger charge is 2.50. The maximum atomic E-state index is 11.5. The van der Waals surface area contributed by atoms with E-state index in [0.717, 1.165) is 52.9 Å². The van der Waals surface area contributed by atoms with E-state index in [4.69, 9.17) is 9.47 Å². The Morgan fingerprint density at radius 1 is 0.953 bits per heavy atom. The fourth-order valence-electron chi connectivity index (χ4n) is 8.08. The fraction of sp³-hybridized carbons (Fsp3) is 0.486. The number of hydrogen-bond acceptors (Lipinski definition) is 5. The second-order valence-electron chi connectivity index (χ2n) is 14.2. The number of benzene rings is 3. The van der Waals surface area contributed by atoms with E-state index < -0.39 is 6.29 Å². The number of hydrogen-bond donors (Lipinski definition) is 2. The molecule has 3 aromatic carbocycles. The molecule has 2 aliphatic heterocycles. The van der Waals surface area contributed by atoms with Crippen molar-refractivity contribution in [1.29, 1.82) is 0 Å². The van der Waals surface area contributed by atoms with Crippen LogP contribution >= 0.6 is 0 Å². The minimum atomic E-state index is -0.473. The molecule has 0 spiro atoms. The van der Waals surface area contributed by atoms with Crippen LogP contribution in [0.2, 0.25) is 0 Å². The third-order valence-electron chi connectivity index (χ3n) is 9.62. The average molecular weight is 583 g/mol. The van der Waals surface area contributed by atoms with Gasteiger partial charge >= 0.3 is 0 Å². The lowest BCUT2D eigenvalue weighted by Gasteiger charge is -2.41. The first kappa shape index (κ1) is 30.0. The van der Waals surface area contributed by atoms with Crippen LogP contribution in [0, 0.1) is 10.8 Å². The Hall–Kier alpha value is -3.03. The van der Waals surface area contributed by atoms with Crippen molar-refractivity contribution < 1.29 is 19.4 Å². The molecule has 2 saturated heterocycles. The van der Waals surface area contributed by atoms with Crippen LogP contribution in [-0.4, -0.2) is 41.1 Å². The molecule has 0 aromatic heterocycles. The van der Waals surface area contributed by atoms with Crippen LogP contribution in [0.1, 0.15) is 88.0 Å². The largest absolute Gasteiger partial charge is 0.392 e. The van der Waals surface area contributed by atoms with Gasteiger partial charge in [-0.05, 0) is 57.9 Å². The summed E-state index contributed by atoms with van der Waals surface area (Å²) in [6.07, 6.45) is 4.08. The molecule has 2 unspecified atom stereocenters. The lowest BCUT2D eigenvalue weighted by atomic mass is 9.65. The fourth-order valence-corrected chi connectivity index (χ4v) is 8.08. The topological polar surface area (TPSA) is 71.0 Å². The van der Waals surface area contributed by atoms with Gasteiger partial charge in [0.15, 0.2) is 6.29 Å². The number of carbonyl (C=O) groups is 1. The number of aliphatic hydroxyl groups is 1. The molecule has 228 valence electrons. The van der Waals surface area contributed by atoms with E-state index in [1.54, 1.807) is 6.92 Å². The first-order valence-electron chi connectivity index (χ1n) is 15.8. The second kappa shape index (κ2) is 12.2. The van der Waals surface area contributed by atoms with Crippen LogP contribution in [0.25, 0.3) is 11.1 Å². The number of aliphatic hydroxyl groups excluding tert-OH is 1. The molecule has 6 heteroatoms. The maximum absolute atomic E-state index is 11.5. The average Bonchev–Trinajstić information content (AvgIpc) is 3.23. The van der Waals surface area contributed by atoms with Crippen LogP contribution < -0.4 is 5.32 Å². The van der Waals surface area contributed by atoms with Gasteiger partial charge in [-0.1, -0.05) is 93.6 Å². The van der Waals surface area contributed by atoms with E-state index in [9.17, 15) is 9.90 Å². The summed E-state index contributed by atoms with van der Waals surface area (Å²) in [6, 6.07) is 25.4. The molecule has 6 nitrogen and oxygen atoms in total. The van der Waals surface area contributed by atoms with Gasteiger partial charge in [-0.15, -0.1) is 0 Å². The molecule has 1 aliphatic carbocycles. The maximum Gasteiger partial charge on any atom is 0.217 e. The smallest absolute Gasteiger partial charge is 0.217 e. The van der Waals surface area contributed by atoms with Crippen LogP contribution in [0.3, 0.4) is 0 Å². The molecule has 1 saturated carbocycles. The summed E-state index contributed by atoms with van der Waals surface area (Å²) in [4.78, 5) is 14.2. The molecular weight excluding hydrogens is 536 g/mol. The lowest BCUT2D eigenvalue weighted by Crippen LogP contribution is -2.42. The molecule has 2 N–H and O–H groups in total. The Labute approximate surface area is 256 Å². The molecule has 43 heavy (non-hydrogen) atoms. The Bertz CT molecular complexity index is 1420. The van der Waals surface area contributed by atoms with Crippen LogP contribution in [0.15, 0.2) is 72.8 Å². The number of amides is 1. The molecule has 3 aliphatic rings. The zero-order valence-corrected chi connectivity index (χ0v) is 26.0. The number of ether oxygens (including phenoxy) is 2. The Balaban J connectivity index is 1.23. The lowest BCUT2D eigenvalue weighted by molar-refractivity contribution is -0.253. The molecule has 0 radical (unpaired) electrons. The summed E-state index contributed by atoms with van der Waals surface area (Å²) in [7, 11) is 0. The molecular formula is C37H46N2O4. The molecule has 3 fully saturated rings. The quantitative estimate of drug-likeness (QED) is 0.302. The Morgan fingerprint density at radius 3 is 2.40 bits per heavy atom. The molecule has 1 amide bonds. The first-order chi connectivity index (χ1) is 20.6. The number of nitrogens with zero attached hydrogens (tertiary/aromatic N) is 1. The van der Waals surface area contributed by atoms with E-state index in [0.29, 0.717) is 23.4 Å². The van der Waals surface area contributed by atoms with Gasteiger partial charge in [-0.25, -0.2) is 0 Å². The summed E-state index contributed by atoms with van der Waals surface area (Å²) in [6.45, 7) is 11.4.